The van der Waals surface area contributed by atoms with E-state index in [0.29, 0.717) is 17.0 Å². The predicted octanol–water partition coefficient (Wildman–Crippen LogP) is 2.24. The van der Waals surface area contributed by atoms with Crippen LogP contribution in [0.1, 0.15) is 21.6 Å². The Morgan fingerprint density at radius 3 is 2.57 bits per heavy atom. The van der Waals surface area contributed by atoms with Crippen LogP contribution in [0.5, 0.6) is 0 Å². The number of H-pyrrole nitrogens is 1. The Bertz CT molecular complexity index is 1040. The second-order valence-corrected chi connectivity index (χ2v) is 5.35. The topological polar surface area (TPSA) is 87.2 Å². The third-order valence-electron chi connectivity index (χ3n) is 3.76. The minimum absolute atomic E-state index is 0.140. The highest BCUT2D eigenvalue weighted by Crippen LogP contribution is 2.30. The van der Waals surface area contributed by atoms with Crippen molar-refractivity contribution in [3.63, 3.8) is 0 Å². The highest BCUT2D eigenvalue weighted by atomic mass is 16.1. The Morgan fingerprint density at radius 1 is 1.09 bits per heavy atom. The van der Waals surface area contributed by atoms with Crippen LogP contribution in [0.3, 0.4) is 0 Å². The van der Waals surface area contributed by atoms with Gasteiger partial charge in [-0.1, -0.05) is 36.4 Å². The summed E-state index contributed by atoms with van der Waals surface area (Å²) in [6, 6.07) is 12.7. The Labute approximate surface area is 130 Å². The third kappa shape index (κ3) is 2.12. The largest absolute Gasteiger partial charge is 0.291 e. The fourth-order valence-corrected chi connectivity index (χ4v) is 2.83. The number of ketones is 1. The monoisotopic (exact) mass is 304 g/mol. The van der Waals surface area contributed by atoms with E-state index in [0.717, 1.165) is 16.3 Å². The van der Waals surface area contributed by atoms with Crippen LogP contribution in [-0.4, -0.2) is 21.5 Å². The van der Waals surface area contributed by atoms with Gasteiger partial charge in [0, 0.05) is 28.3 Å². The molecule has 1 aromatic heterocycles. The van der Waals surface area contributed by atoms with Crippen molar-refractivity contribution in [1.82, 2.24) is 9.97 Å². The van der Waals surface area contributed by atoms with Gasteiger partial charge in [0.15, 0.2) is 0 Å². The van der Waals surface area contributed by atoms with Gasteiger partial charge in [0.1, 0.15) is 5.71 Å². The number of nitrogens with one attached hydrogen (secondary N) is 2. The summed E-state index contributed by atoms with van der Waals surface area (Å²) in [7, 11) is 0. The van der Waals surface area contributed by atoms with E-state index < -0.39 is 0 Å². The summed E-state index contributed by atoms with van der Waals surface area (Å²) < 4.78 is 0. The number of hydrazone groups is 1. The summed E-state index contributed by atoms with van der Waals surface area (Å²) in [4.78, 5) is 30.7. The molecule has 112 valence electrons. The first-order valence-corrected chi connectivity index (χ1v) is 7.12. The van der Waals surface area contributed by atoms with Crippen molar-refractivity contribution in [3.8, 4) is 0 Å². The first-order valence-electron chi connectivity index (χ1n) is 7.12. The fraction of sp³-hybridized carbons (Fsp3) is 0.0588. The number of aromatic amines is 1. The van der Waals surface area contributed by atoms with Gasteiger partial charge in [-0.2, -0.15) is 5.10 Å². The standard InChI is InChI=1S/C17H12N4O2/c1-9-8-13(22)19-17(18-9)21-20-15-11-6-2-4-10-5-3-7-12(14(10)11)16(15)23/h2-8H,1H3,(H2,18,19,21,22). The number of anilines is 1. The van der Waals surface area contributed by atoms with Crippen molar-refractivity contribution < 1.29 is 4.79 Å². The molecule has 0 amide bonds. The van der Waals surface area contributed by atoms with Gasteiger partial charge >= 0.3 is 0 Å². The van der Waals surface area contributed by atoms with Gasteiger partial charge < -0.3 is 0 Å². The molecule has 3 aromatic rings. The molecule has 0 saturated heterocycles. The Kier molecular flexibility index (Phi) is 2.84. The van der Waals surface area contributed by atoms with Gasteiger partial charge in [0.2, 0.25) is 11.7 Å². The minimum Gasteiger partial charge on any atom is -0.291 e. The van der Waals surface area contributed by atoms with Crippen molar-refractivity contribution in [2.45, 2.75) is 6.92 Å². The molecule has 0 radical (unpaired) electrons. The molecular weight excluding hydrogens is 292 g/mol. The van der Waals surface area contributed by atoms with Crippen LogP contribution in [0.25, 0.3) is 10.8 Å². The molecule has 23 heavy (non-hydrogen) atoms. The number of aromatic nitrogens is 2. The first kappa shape index (κ1) is 13.4. The molecular formula is C17H12N4O2. The summed E-state index contributed by atoms with van der Waals surface area (Å²) in [5, 5.41) is 6.09. The molecule has 0 bridgehead atoms. The van der Waals surface area contributed by atoms with Crippen molar-refractivity contribution >= 4 is 28.2 Å². The number of Topliss-reactive ketones (excluding diaryl/α,β-unsaturated/α-hetero) is 1. The Hall–Kier alpha value is -3.28. The van der Waals surface area contributed by atoms with Crippen molar-refractivity contribution in [1.29, 1.82) is 0 Å². The summed E-state index contributed by atoms with van der Waals surface area (Å²) in [5.41, 5.74) is 4.72. The summed E-state index contributed by atoms with van der Waals surface area (Å²) in [5.74, 6) is 0.0673. The molecule has 0 spiro atoms. The summed E-state index contributed by atoms with van der Waals surface area (Å²) in [6.45, 7) is 1.71. The van der Waals surface area contributed by atoms with E-state index in [-0.39, 0.29) is 17.3 Å². The lowest BCUT2D eigenvalue weighted by Gasteiger charge is -2.02. The molecule has 0 unspecified atom stereocenters. The van der Waals surface area contributed by atoms with Crippen LogP contribution in [-0.2, 0) is 0 Å². The molecule has 2 N–H and O–H groups in total. The number of carbonyl (C=O) groups excluding carboxylic acids is 1. The van der Waals surface area contributed by atoms with Crippen LogP contribution < -0.4 is 11.0 Å². The molecule has 1 heterocycles. The zero-order valence-corrected chi connectivity index (χ0v) is 12.3. The smallest absolute Gasteiger partial charge is 0.252 e. The number of aryl methyl sites for hydroxylation is 1. The SMILES string of the molecule is Cc1cc(=O)[nH]c(NN=C2C(=O)c3cccc4cccc2c34)n1. The molecule has 1 aliphatic carbocycles. The van der Waals surface area contributed by atoms with Crippen molar-refractivity contribution in [2.24, 2.45) is 5.10 Å². The molecule has 4 rings (SSSR count). The normalized spacial score (nSPS) is 14.7. The molecule has 6 nitrogen and oxygen atoms in total. The van der Waals surface area contributed by atoms with Gasteiger partial charge in [0.05, 0.1) is 0 Å². The Balaban J connectivity index is 1.80. The lowest BCUT2D eigenvalue weighted by atomic mass is 10.1. The Morgan fingerprint density at radius 2 is 1.83 bits per heavy atom. The van der Waals surface area contributed by atoms with Gasteiger partial charge in [-0.25, -0.2) is 10.4 Å². The van der Waals surface area contributed by atoms with Crippen molar-refractivity contribution in [2.75, 3.05) is 5.43 Å². The zero-order chi connectivity index (χ0) is 16.0. The molecule has 0 fully saturated rings. The van der Waals surface area contributed by atoms with Gasteiger partial charge in [-0.3, -0.25) is 14.6 Å². The van der Waals surface area contributed by atoms with E-state index in [1.165, 1.54) is 6.07 Å². The number of rotatable bonds is 2. The second kappa shape index (κ2) is 4.88. The van der Waals surface area contributed by atoms with E-state index in [2.05, 4.69) is 20.5 Å². The minimum atomic E-state index is -0.275. The van der Waals surface area contributed by atoms with Gasteiger partial charge in [-0.15, -0.1) is 0 Å². The highest BCUT2D eigenvalue weighted by Gasteiger charge is 2.28. The maximum atomic E-state index is 12.6. The lowest BCUT2D eigenvalue weighted by molar-refractivity contribution is 0.107. The van der Waals surface area contributed by atoms with Crippen LogP contribution in [0.15, 0.2) is 52.4 Å². The number of carbonyl (C=O) groups is 1. The first-order chi connectivity index (χ1) is 11.1. The molecule has 0 aliphatic heterocycles. The predicted molar refractivity (Wildman–Crippen MR) is 88.0 cm³/mol. The zero-order valence-electron chi connectivity index (χ0n) is 12.3. The molecule has 2 aromatic carbocycles. The quantitative estimate of drug-likeness (QED) is 0.711. The van der Waals surface area contributed by atoms with E-state index in [1.54, 1.807) is 13.0 Å². The van der Waals surface area contributed by atoms with E-state index in [9.17, 15) is 9.59 Å². The summed E-state index contributed by atoms with van der Waals surface area (Å²) >= 11 is 0. The van der Waals surface area contributed by atoms with E-state index in [4.69, 9.17) is 0 Å². The van der Waals surface area contributed by atoms with E-state index >= 15 is 0 Å². The average Bonchev–Trinajstić information content (AvgIpc) is 2.79. The molecule has 0 atom stereocenters. The van der Waals surface area contributed by atoms with E-state index in [1.807, 2.05) is 30.3 Å². The highest BCUT2D eigenvalue weighted by molar-refractivity contribution is 6.59. The molecule has 6 heteroatoms. The number of nitrogens with zero attached hydrogens (tertiary/aromatic N) is 2. The maximum Gasteiger partial charge on any atom is 0.252 e. The number of hydrogen-bond acceptors (Lipinski definition) is 5. The summed E-state index contributed by atoms with van der Waals surface area (Å²) in [6.07, 6.45) is 0. The van der Waals surface area contributed by atoms with Gasteiger partial charge in [-0.05, 0) is 12.3 Å². The van der Waals surface area contributed by atoms with Crippen LogP contribution >= 0.6 is 0 Å². The third-order valence-corrected chi connectivity index (χ3v) is 3.76. The second-order valence-electron chi connectivity index (χ2n) is 5.35. The maximum absolute atomic E-state index is 12.6. The lowest BCUT2D eigenvalue weighted by Crippen LogP contribution is -2.14. The number of hydrogen-bond donors (Lipinski definition) is 2. The van der Waals surface area contributed by atoms with Crippen LogP contribution in [0, 0.1) is 6.92 Å². The number of benzene rings is 2. The van der Waals surface area contributed by atoms with Crippen LogP contribution in [0.4, 0.5) is 5.95 Å². The molecule has 1 aliphatic rings. The fourth-order valence-electron chi connectivity index (χ4n) is 2.83. The average molecular weight is 304 g/mol. The van der Waals surface area contributed by atoms with Crippen molar-refractivity contribution in [3.05, 3.63) is 69.6 Å². The van der Waals surface area contributed by atoms with Crippen LogP contribution in [0.2, 0.25) is 0 Å². The van der Waals surface area contributed by atoms with Gasteiger partial charge in [0.25, 0.3) is 5.56 Å². The molecule has 0 saturated carbocycles.